The minimum atomic E-state index is -0.541. The maximum absolute atomic E-state index is 11.4. The van der Waals surface area contributed by atoms with Crippen LogP contribution in [0.3, 0.4) is 0 Å². The van der Waals surface area contributed by atoms with Gasteiger partial charge in [0.15, 0.2) is 5.79 Å². The second kappa shape index (κ2) is 3.30. The van der Waals surface area contributed by atoms with Crippen LogP contribution in [0, 0.1) is 5.92 Å². The van der Waals surface area contributed by atoms with E-state index < -0.39 is 5.79 Å². The third-order valence-corrected chi connectivity index (χ3v) is 4.34. The molecular formula is C13H22O3. The summed E-state index contributed by atoms with van der Waals surface area (Å²) in [4.78, 5) is 11.4. The Morgan fingerprint density at radius 3 is 2.06 bits per heavy atom. The second-order valence-electron chi connectivity index (χ2n) is 6.18. The van der Waals surface area contributed by atoms with E-state index in [2.05, 4.69) is 34.6 Å². The van der Waals surface area contributed by atoms with E-state index in [4.69, 9.17) is 9.47 Å². The largest absolute Gasteiger partial charge is 0.341 e. The maximum atomic E-state index is 11.4. The number of rotatable bonds is 0. The van der Waals surface area contributed by atoms with Gasteiger partial charge >= 0.3 is 0 Å². The summed E-state index contributed by atoms with van der Waals surface area (Å²) in [6.45, 7) is 10.3. The molecule has 3 heteroatoms. The van der Waals surface area contributed by atoms with Crippen molar-refractivity contribution in [1.82, 2.24) is 0 Å². The molecule has 2 rings (SSSR count). The Hall–Kier alpha value is -0.410. The summed E-state index contributed by atoms with van der Waals surface area (Å²) in [6, 6.07) is 0. The third kappa shape index (κ3) is 1.61. The van der Waals surface area contributed by atoms with Crippen LogP contribution in [0.1, 0.15) is 53.9 Å². The Kier molecular flexibility index (Phi) is 2.48. The summed E-state index contributed by atoms with van der Waals surface area (Å²) < 4.78 is 12.4. The van der Waals surface area contributed by atoms with E-state index in [0.29, 0.717) is 25.0 Å². The van der Waals surface area contributed by atoms with Gasteiger partial charge in [-0.2, -0.15) is 0 Å². The van der Waals surface area contributed by atoms with Gasteiger partial charge in [-0.05, 0) is 27.7 Å². The first kappa shape index (κ1) is 12.1. The molecule has 0 bridgehead atoms. The fraction of sp³-hybridized carbons (Fsp3) is 0.923. The topological polar surface area (TPSA) is 35.5 Å². The molecule has 0 radical (unpaired) electrons. The standard InChI is InChI=1S/C13H22O3/c1-9-8-10(14)6-7-13(9)15-11(2,3)12(4,5)16-13/h9H,6-8H2,1-5H3/t9-/m1/s1. The highest BCUT2D eigenvalue weighted by atomic mass is 16.8. The summed E-state index contributed by atoms with van der Waals surface area (Å²) >= 11 is 0. The summed E-state index contributed by atoms with van der Waals surface area (Å²) in [7, 11) is 0. The highest BCUT2D eigenvalue weighted by Crippen LogP contribution is 2.51. The average Bonchev–Trinajstić information content (AvgIpc) is 2.28. The zero-order valence-corrected chi connectivity index (χ0v) is 10.9. The van der Waals surface area contributed by atoms with Crippen LogP contribution < -0.4 is 0 Å². The first-order valence-corrected chi connectivity index (χ1v) is 6.11. The fourth-order valence-electron chi connectivity index (χ4n) is 2.59. The fourth-order valence-corrected chi connectivity index (χ4v) is 2.59. The van der Waals surface area contributed by atoms with Gasteiger partial charge in [0.1, 0.15) is 5.78 Å². The van der Waals surface area contributed by atoms with Crippen LogP contribution in [0.2, 0.25) is 0 Å². The first-order valence-electron chi connectivity index (χ1n) is 6.11. The molecule has 1 atom stereocenters. The van der Waals surface area contributed by atoms with Crippen LogP contribution in [0.5, 0.6) is 0 Å². The van der Waals surface area contributed by atoms with Gasteiger partial charge in [0.25, 0.3) is 0 Å². The molecule has 3 nitrogen and oxygen atoms in total. The van der Waals surface area contributed by atoms with Gasteiger partial charge in [-0.25, -0.2) is 0 Å². The van der Waals surface area contributed by atoms with Crippen molar-refractivity contribution >= 4 is 5.78 Å². The lowest BCUT2D eigenvalue weighted by atomic mass is 9.84. The molecule has 1 saturated heterocycles. The molecule has 0 amide bonds. The number of hydrogen-bond donors (Lipinski definition) is 0. The molecule has 0 N–H and O–H groups in total. The Morgan fingerprint density at radius 2 is 1.62 bits per heavy atom. The molecule has 0 aromatic rings. The van der Waals surface area contributed by atoms with Crippen LogP contribution in [0.4, 0.5) is 0 Å². The van der Waals surface area contributed by atoms with E-state index in [1.807, 2.05) is 0 Å². The van der Waals surface area contributed by atoms with Crippen molar-refractivity contribution in [3.05, 3.63) is 0 Å². The van der Waals surface area contributed by atoms with Crippen molar-refractivity contribution in [3.8, 4) is 0 Å². The normalized spacial score (nSPS) is 35.6. The summed E-state index contributed by atoms with van der Waals surface area (Å²) in [6.07, 6.45) is 1.85. The molecule has 1 aliphatic heterocycles. The molecule has 92 valence electrons. The van der Waals surface area contributed by atoms with Gasteiger partial charge in [0.2, 0.25) is 0 Å². The highest BCUT2D eigenvalue weighted by molar-refractivity contribution is 5.79. The van der Waals surface area contributed by atoms with E-state index in [0.717, 1.165) is 0 Å². The van der Waals surface area contributed by atoms with E-state index in [-0.39, 0.29) is 17.1 Å². The van der Waals surface area contributed by atoms with Crippen molar-refractivity contribution < 1.29 is 14.3 Å². The molecule has 16 heavy (non-hydrogen) atoms. The zero-order valence-electron chi connectivity index (χ0n) is 10.9. The lowest BCUT2D eigenvalue weighted by molar-refractivity contribution is -0.234. The lowest BCUT2D eigenvalue weighted by Crippen LogP contribution is -2.44. The van der Waals surface area contributed by atoms with E-state index >= 15 is 0 Å². The van der Waals surface area contributed by atoms with Crippen molar-refractivity contribution in [1.29, 1.82) is 0 Å². The number of Topliss-reactive ketones (excluding diaryl/α,β-unsaturated/α-hetero) is 1. The van der Waals surface area contributed by atoms with E-state index in [1.54, 1.807) is 0 Å². The van der Waals surface area contributed by atoms with Gasteiger partial charge in [0.05, 0.1) is 11.2 Å². The molecule has 2 aliphatic rings. The minimum Gasteiger partial charge on any atom is -0.341 e. The second-order valence-corrected chi connectivity index (χ2v) is 6.18. The number of carbonyl (C=O) groups excluding carboxylic acids is 1. The van der Waals surface area contributed by atoms with Gasteiger partial charge in [0, 0.05) is 25.2 Å². The third-order valence-electron chi connectivity index (χ3n) is 4.34. The van der Waals surface area contributed by atoms with Crippen molar-refractivity contribution in [2.24, 2.45) is 5.92 Å². The predicted molar refractivity (Wildman–Crippen MR) is 61.1 cm³/mol. The summed E-state index contributed by atoms with van der Waals surface area (Å²) in [5.74, 6) is -0.0661. The van der Waals surface area contributed by atoms with E-state index in [9.17, 15) is 4.79 Å². The van der Waals surface area contributed by atoms with Crippen molar-refractivity contribution in [3.63, 3.8) is 0 Å². The minimum absolute atomic E-state index is 0.148. The maximum Gasteiger partial charge on any atom is 0.173 e. The molecule has 1 heterocycles. The molecule has 1 saturated carbocycles. The van der Waals surface area contributed by atoms with Gasteiger partial charge in [-0.3, -0.25) is 4.79 Å². The monoisotopic (exact) mass is 226 g/mol. The smallest absolute Gasteiger partial charge is 0.173 e. The molecule has 1 aliphatic carbocycles. The van der Waals surface area contributed by atoms with Gasteiger partial charge < -0.3 is 9.47 Å². The molecular weight excluding hydrogens is 204 g/mol. The summed E-state index contributed by atoms with van der Waals surface area (Å²) in [5.41, 5.74) is -0.608. The van der Waals surface area contributed by atoms with Crippen LogP contribution in [-0.4, -0.2) is 22.8 Å². The molecule has 2 fully saturated rings. The first-order chi connectivity index (χ1) is 7.19. The zero-order chi connectivity index (χ0) is 12.2. The molecule has 0 aromatic carbocycles. The highest BCUT2D eigenvalue weighted by Gasteiger charge is 2.60. The SMILES string of the molecule is C[C@@H]1CC(=O)CCC12OC(C)(C)C(C)(C)O2. The molecule has 0 aromatic heterocycles. The Morgan fingerprint density at radius 1 is 1.12 bits per heavy atom. The summed E-state index contributed by atoms with van der Waals surface area (Å²) in [5, 5.41) is 0. The quantitative estimate of drug-likeness (QED) is 0.637. The van der Waals surface area contributed by atoms with Crippen LogP contribution in [0.25, 0.3) is 0 Å². The Labute approximate surface area is 97.5 Å². The Bertz CT molecular complexity index is 301. The average molecular weight is 226 g/mol. The van der Waals surface area contributed by atoms with Crippen molar-refractivity contribution in [2.75, 3.05) is 0 Å². The number of carbonyl (C=O) groups is 1. The van der Waals surface area contributed by atoms with E-state index in [1.165, 1.54) is 0 Å². The lowest BCUT2D eigenvalue weighted by Gasteiger charge is -2.38. The predicted octanol–water partition coefficient (Wildman–Crippen LogP) is 2.68. The number of ether oxygens (including phenoxy) is 2. The molecule has 1 spiro atoms. The van der Waals surface area contributed by atoms with Gasteiger partial charge in [-0.15, -0.1) is 0 Å². The molecule has 0 unspecified atom stereocenters. The number of ketones is 1. The van der Waals surface area contributed by atoms with Crippen LogP contribution in [-0.2, 0) is 14.3 Å². The Balaban J connectivity index is 2.26. The van der Waals surface area contributed by atoms with Crippen LogP contribution in [0.15, 0.2) is 0 Å². The van der Waals surface area contributed by atoms with Crippen molar-refractivity contribution in [2.45, 2.75) is 70.9 Å². The van der Waals surface area contributed by atoms with Crippen LogP contribution >= 0.6 is 0 Å². The van der Waals surface area contributed by atoms with Gasteiger partial charge in [-0.1, -0.05) is 6.92 Å². The number of hydrogen-bond acceptors (Lipinski definition) is 3.